The first kappa shape index (κ1) is 12.2. The van der Waals surface area contributed by atoms with E-state index in [1.165, 1.54) is 0 Å². The molecule has 0 atom stereocenters. The smallest absolute Gasteiger partial charge is 0.411 e. The summed E-state index contributed by atoms with van der Waals surface area (Å²) in [5.41, 5.74) is 1.46. The molecule has 2 N–H and O–H groups in total. The Hall–Kier alpha value is -1.91. The molecule has 0 radical (unpaired) electrons. The van der Waals surface area contributed by atoms with E-state index in [0.29, 0.717) is 12.3 Å². The second-order valence-corrected chi connectivity index (χ2v) is 3.01. The number of ether oxygens (including phenoxy) is 2. The Morgan fingerprint density at radius 2 is 2.19 bits per heavy atom. The number of carbonyl (C=O) groups is 1. The number of methoxy groups -OCH3 is 1. The molecule has 0 fully saturated rings. The minimum atomic E-state index is -0.463. The van der Waals surface area contributed by atoms with E-state index < -0.39 is 6.09 Å². The predicted octanol–water partition coefficient (Wildman–Crippen LogP) is 2.31. The van der Waals surface area contributed by atoms with Crippen LogP contribution in [0.3, 0.4) is 0 Å². The third kappa shape index (κ3) is 3.05. The van der Waals surface area contributed by atoms with Crippen LogP contribution in [-0.2, 0) is 4.74 Å². The Morgan fingerprint density at radius 3 is 2.75 bits per heavy atom. The topological polar surface area (TPSA) is 59.6 Å². The first-order valence-electron chi connectivity index (χ1n) is 5.00. The van der Waals surface area contributed by atoms with Crippen LogP contribution >= 0.6 is 0 Å². The first-order valence-corrected chi connectivity index (χ1v) is 5.00. The summed E-state index contributed by atoms with van der Waals surface area (Å²) in [6.45, 7) is 2.10. The van der Waals surface area contributed by atoms with Crippen molar-refractivity contribution in [2.24, 2.45) is 0 Å². The van der Waals surface area contributed by atoms with Crippen LogP contribution in [0.4, 0.5) is 16.2 Å². The van der Waals surface area contributed by atoms with Crippen LogP contribution < -0.4 is 15.4 Å². The molecule has 1 aromatic carbocycles. The van der Waals surface area contributed by atoms with E-state index in [0.717, 1.165) is 11.4 Å². The van der Waals surface area contributed by atoms with Gasteiger partial charge in [0.15, 0.2) is 0 Å². The molecule has 0 aliphatic rings. The number of hydrogen-bond acceptors (Lipinski definition) is 4. The summed E-state index contributed by atoms with van der Waals surface area (Å²) in [6, 6.07) is 5.29. The molecule has 0 aromatic heterocycles. The summed E-state index contributed by atoms with van der Waals surface area (Å²) in [5, 5.41) is 5.59. The maximum atomic E-state index is 11.2. The van der Waals surface area contributed by atoms with Gasteiger partial charge in [0.1, 0.15) is 5.75 Å². The summed E-state index contributed by atoms with van der Waals surface area (Å²) in [6.07, 6.45) is -0.463. The first-order chi connectivity index (χ1) is 7.71. The highest BCUT2D eigenvalue weighted by molar-refractivity contribution is 5.86. The predicted molar refractivity (Wildman–Crippen MR) is 63.2 cm³/mol. The summed E-state index contributed by atoms with van der Waals surface area (Å²) in [5.74, 6) is 0.719. The van der Waals surface area contributed by atoms with Gasteiger partial charge in [0.2, 0.25) is 0 Å². The van der Waals surface area contributed by atoms with Crippen molar-refractivity contribution in [2.75, 3.05) is 31.4 Å². The van der Waals surface area contributed by atoms with Crippen molar-refractivity contribution >= 4 is 17.5 Å². The van der Waals surface area contributed by atoms with Crippen LogP contribution in [0.2, 0.25) is 0 Å². The number of carbonyl (C=O) groups excluding carboxylic acids is 1. The average Bonchev–Trinajstić information content (AvgIpc) is 2.29. The highest BCUT2D eigenvalue weighted by Crippen LogP contribution is 2.27. The Morgan fingerprint density at radius 1 is 1.44 bits per heavy atom. The van der Waals surface area contributed by atoms with Crippen LogP contribution in [0.15, 0.2) is 18.2 Å². The van der Waals surface area contributed by atoms with Crippen molar-refractivity contribution in [1.29, 1.82) is 0 Å². The van der Waals surface area contributed by atoms with Gasteiger partial charge in [0.05, 0.1) is 19.4 Å². The molecule has 0 spiro atoms. The van der Waals surface area contributed by atoms with Gasteiger partial charge in [-0.1, -0.05) is 0 Å². The fourth-order valence-corrected chi connectivity index (χ4v) is 1.27. The van der Waals surface area contributed by atoms with E-state index >= 15 is 0 Å². The number of benzene rings is 1. The van der Waals surface area contributed by atoms with E-state index in [4.69, 9.17) is 9.47 Å². The Bertz CT molecular complexity index is 366. The summed E-state index contributed by atoms with van der Waals surface area (Å²) in [4.78, 5) is 11.2. The zero-order chi connectivity index (χ0) is 12.0. The van der Waals surface area contributed by atoms with Crippen LogP contribution in [0.25, 0.3) is 0 Å². The van der Waals surface area contributed by atoms with Gasteiger partial charge in [-0.05, 0) is 25.1 Å². The molecule has 16 heavy (non-hydrogen) atoms. The molecule has 1 aromatic rings. The molecule has 0 unspecified atom stereocenters. The molecule has 1 rings (SSSR count). The van der Waals surface area contributed by atoms with Crippen molar-refractivity contribution in [3.05, 3.63) is 18.2 Å². The summed E-state index contributed by atoms with van der Waals surface area (Å²) >= 11 is 0. The lowest BCUT2D eigenvalue weighted by atomic mass is 10.2. The van der Waals surface area contributed by atoms with Crippen molar-refractivity contribution in [3.63, 3.8) is 0 Å². The van der Waals surface area contributed by atoms with Gasteiger partial charge in [-0.15, -0.1) is 0 Å². The zero-order valence-corrected chi connectivity index (χ0v) is 9.66. The number of rotatable bonds is 4. The fraction of sp³-hybridized carbons (Fsp3) is 0.364. The van der Waals surface area contributed by atoms with Crippen LogP contribution in [0.5, 0.6) is 5.75 Å². The lowest BCUT2D eigenvalue weighted by Crippen LogP contribution is -2.13. The Labute approximate surface area is 94.7 Å². The Kier molecular flexibility index (Phi) is 4.44. The zero-order valence-electron chi connectivity index (χ0n) is 9.66. The third-order valence-corrected chi connectivity index (χ3v) is 1.99. The Balaban J connectivity index is 2.78. The fourth-order valence-electron chi connectivity index (χ4n) is 1.27. The van der Waals surface area contributed by atoms with Crippen LogP contribution in [0, 0.1) is 0 Å². The molecular weight excluding hydrogens is 208 g/mol. The van der Waals surface area contributed by atoms with E-state index in [-0.39, 0.29) is 0 Å². The van der Waals surface area contributed by atoms with E-state index in [9.17, 15) is 4.79 Å². The second kappa shape index (κ2) is 5.85. The third-order valence-electron chi connectivity index (χ3n) is 1.99. The summed E-state index contributed by atoms with van der Waals surface area (Å²) in [7, 11) is 3.38. The molecule has 88 valence electrons. The highest BCUT2D eigenvalue weighted by Gasteiger charge is 2.05. The maximum Gasteiger partial charge on any atom is 0.411 e. The maximum absolute atomic E-state index is 11.2. The van der Waals surface area contributed by atoms with Crippen molar-refractivity contribution in [1.82, 2.24) is 0 Å². The largest absolute Gasteiger partial charge is 0.495 e. The molecule has 1 amide bonds. The SMILES string of the molecule is CCOC(=O)Nc1ccc(OC)c(NC)c1. The van der Waals surface area contributed by atoms with Gasteiger partial charge in [0.25, 0.3) is 0 Å². The molecule has 5 nitrogen and oxygen atoms in total. The van der Waals surface area contributed by atoms with Crippen LogP contribution in [-0.4, -0.2) is 26.9 Å². The van der Waals surface area contributed by atoms with Gasteiger partial charge in [-0.25, -0.2) is 4.79 Å². The molecule has 0 aliphatic heterocycles. The standard InChI is InChI=1S/C11H16N2O3/c1-4-16-11(14)13-8-5-6-10(15-3)9(7-8)12-2/h5-7,12H,4H2,1-3H3,(H,13,14). The lowest BCUT2D eigenvalue weighted by Gasteiger charge is -2.10. The molecule has 0 aliphatic carbocycles. The van der Waals surface area contributed by atoms with Gasteiger partial charge in [-0.2, -0.15) is 0 Å². The number of anilines is 2. The van der Waals surface area contributed by atoms with E-state index in [2.05, 4.69) is 10.6 Å². The molecule has 0 heterocycles. The quantitative estimate of drug-likeness (QED) is 0.823. The normalized spacial score (nSPS) is 9.44. The second-order valence-electron chi connectivity index (χ2n) is 3.01. The molecule has 0 saturated carbocycles. The monoisotopic (exact) mass is 224 g/mol. The van der Waals surface area contributed by atoms with Gasteiger partial charge >= 0.3 is 6.09 Å². The van der Waals surface area contributed by atoms with Gasteiger partial charge in [-0.3, -0.25) is 5.32 Å². The van der Waals surface area contributed by atoms with Crippen LogP contribution in [0.1, 0.15) is 6.92 Å². The molecule has 5 heteroatoms. The minimum absolute atomic E-state index is 0.348. The lowest BCUT2D eigenvalue weighted by molar-refractivity contribution is 0.168. The average molecular weight is 224 g/mol. The molecule has 0 saturated heterocycles. The highest BCUT2D eigenvalue weighted by atomic mass is 16.5. The van der Waals surface area contributed by atoms with Gasteiger partial charge in [0, 0.05) is 12.7 Å². The number of nitrogens with one attached hydrogen (secondary N) is 2. The number of amides is 1. The van der Waals surface area contributed by atoms with Crippen molar-refractivity contribution in [3.8, 4) is 5.75 Å². The number of hydrogen-bond donors (Lipinski definition) is 2. The van der Waals surface area contributed by atoms with Crippen molar-refractivity contribution < 1.29 is 14.3 Å². The van der Waals surface area contributed by atoms with E-state index in [1.807, 2.05) is 0 Å². The summed E-state index contributed by atoms with van der Waals surface area (Å²) < 4.78 is 9.91. The molecule has 0 bridgehead atoms. The molecular formula is C11H16N2O3. The van der Waals surface area contributed by atoms with E-state index in [1.54, 1.807) is 39.3 Å². The minimum Gasteiger partial charge on any atom is -0.495 e. The van der Waals surface area contributed by atoms with Gasteiger partial charge < -0.3 is 14.8 Å². The van der Waals surface area contributed by atoms with Crippen molar-refractivity contribution in [2.45, 2.75) is 6.92 Å².